The third-order valence-corrected chi connectivity index (χ3v) is 3.50. The number of piperazine rings is 1. The summed E-state index contributed by atoms with van der Waals surface area (Å²) in [7, 11) is 0. The molecule has 1 fully saturated rings. The van der Waals surface area contributed by atoms with Gasteiger partial charge in [-0.3, -0.25) is 0 Å². The van der Waals surface area contributed by atoms with Gasteiger partial charge < -0.3 is 15.0 Å². The molecule has 1 aliphatic heterocycles. The van der Waals surface area contributed by atoms with E-state index in [0.717, 1.165) is 19.5 Å². The van der Waals surface area contributed by atoms with Gasteiger partial charge >= 0.3 is 6.09 Å². The first-order chi connectivity index (χ1) is 8.45. The molecule has 0 aromatic heterocycles. The molecular weight excluding hydrogens is 228 g/mol. The number of rotatable bonds is 4. The summed E-state index contributed by atoms with van der Waals surface area (Å²) in [5, 5.41) is 3.55. The van der Waals surface area contributed by atoms with E-state index in [0.29, 0.717) is 24.5 Å². The van der Waals surface area contributed by atoms with Crippen molar-refractivity contribution in [3.8, 4) is 0 Å². The zero-order valence-electron chi connectivity index (χ0n) is 12.4. The normalized spacial score (nSPS) is 24.7. The van der Waals surface area contributed by atoms with Gasteiger partial charge in [-0.15, -0.1) is 0 Å². The molecule has 4 nitrogen and oxygen atoms in total. The van der Waals surface area contributed by atoms with Gasteiger partial charge in [0.05, 0.1) is 6.61 Å². The third-order valence-electron chi connectivity index (χ3n) is 3.50. The Morgan fingerprint density at radius 2 is 2.06 bits per heavy atom. The Labute approximate surface area is 111 Å². The van der Waals surface area contributed by atoms with Crippen LogP contribution >= 0.6 is 0 Å². The molecule has 0 aliphatic carbocycles. The molecule has 2 unspecified atom stereocenters. The van der Waals surface area contributed by atoms with Crippen molar-refractivity contribution in [1.29, 1.82) is 0 Å². The zero-order valence-corrected chi connectivity index (χ0v) is 12.4. The van der Waals surface area contributed by atoms with Crippen LogP contribution in [0.1, 0.15) is 41.0 Å². The zero-order chi connectivity index (χ0) is 13.7. The molecule has 4 heteroatoms. The summed E-state index contributed by atoms with van der Waals surface area (Å²) in [6.45, 7) is 12.7. The molecule has 1 aliphatic rings. The number of hydrogen-bond acceptors (Lipinski definition) is 3. The van der Waals surface area contributed by atoms with Crippen LogP contribution in [0.3, 0.4) is 0 Å². The number of carbonyl (C=O) groups is 1. The lowest BCUT2D eigenvalue weighted by molar-refractivity contribution is 0.0597. The molecule has 1 rings (SSSR count). The Morgan fingerprint density at radius 3 is 2.56 bits per heavy atom. The molecule has 1 N–H and O–H groups in total. The summed E-state index contributed by atoms with van der Waals surface area (Å²) in [6.07, 6.45) is 0.867. The van der Waals surface area contributed by atoms with Gasteiger partial charge in [0, 0.05) is 25.2 Å². The minimum absolute atomic E-state index is 0.157. The molecule has 0 radical (unpaired) electrons. The van der Waals surface area contributed by atoms with Crippen molar-refractivity contribution in [2.45, 2.75) is 53.1 Å². The average Bonchev–Trinajstić information content (AvgIpc) is 2.28. The first kappa shape index (κ1) is 15.3. The van der Waals surface area contributed by atoms with Crippen LogP contribution in [0.4, 0.5) is 4.79 Å². The van der Waals surface area contributed by atoms with Crippen molar-refractivity contribution in [2.24, 2.45) is 11.8 Å². The molecule has 1 amide bonds. The predicted octanol–water partition coefficient (Wildman–Crippen LogP) is 2.49. The molecule has 18 heavy (non-hydrogen) atoms. The highest BCUT2D eigenvalue weighted by molar-refractivity contribution is 5.68. The van der Waals surface area contributed by atoms with Crippen molar-refractivity contribution in [1.82, 2.24) is 10.2 Å². The standard InChI is InChI=1S/C14H28N2O2/c1-6-18-14(17)16-9-13(11(4)5)15-8-12(16)7-10(2)3/h10-13,15H,6-9H2,1-5H3. The van der Waals surface area contributed by atoms with Gasteiger partial charge in [-0.05, 0) is 25.2 Å². The van der Waals surface area contributed by atoms with Gasteiger partial charge in [-0.2, -0.15) is 0 Å². The molecular formula is C14H28N2O2. The van der Waals surface area contributed by atoms with Crippen LogP contribution in [0.5, 0.6) is 0 Å². The second-order valence-corrected chi connectivity index (χ2v) is 5.89. The van der Waals surface area contributed by atoms with Crippen molar-refractivity contribution in [2.75, 3.05) is 19.7 Å². The van der Waals surface area contributed by atoms with Gasteiger partial charge in [0.15, 0.2) is 0 Å². The summed E-state index contributed by atoms with van der Waals surface area (Å²) in [4.78, 5) is 14.0. The van der Waals surface area contributed by atoms with Crippen LogP contribution in [0.2, 0.25) is 0 Å². The van der Waals surface area contributed by atoms with E-state index in [1.54, 1.807) is 0 Å². The Balaban J connectivity index is 2.69. The van der Waals surface area contributed by atoms with Crippen LogP contribution in [-0.4, -0.2) is 42.8 Å². The van der Waals surface area contributed by atoms with E-state index in [9.17, 15) is 4.79 Å². The molecule has 0 saturated carbocycles. The fourth-order valence-corrected chi connectivity index (χ4v) is 2.45. The van der Waals surface area contributed by atoms with Gasteiger partial charge in [-0.25, -0.2) is 4.79 Å². The third kappa shape index (κ3) is 4.16. The Kier molecular flexibility index (Phi) is 5.93. The Hall–Kier alpha value is -0.770. The fraction of sp³-hybridized carbons (Fsp3) is 0.929. The summed E-state index contributed by atoms with van der Waals surface area (Å²) in [5.74, 6) is 1.12. The Bertz CT molecular complexity index is 267. The lowest BCUT2D eigenvalue weighted by atomic mass is 9.95. The number of nitrogens with one attached hydrogen (secondary N) is 1. The fourth-order valence-electron chi connectivity index (χ4n) is 2.45. The van der Waals surface area contributed by atoms with E-state index in [1.165, 1.54) is 0 Å². The Morgan fingerprint density at radius 1 is 1.39 bits per heavy atom. The van der Waals surface area contributed by atoms with E-state index < -0.39 is 0 Å². The number of nitrogens with zero attached hydrogens (tertiary/aromatic N) is 1. The average molecular weight is 256 g/mol. The smallest absolute Gasteiger partial charge is 0.410 e. The molecule has 1 heterocycles. The highest BCUT2D eigenvalue weighted by atomic mass is 16.6. The van der Waals surface area contributed by atoms with Crippen molar-refractivity contribution < 1.29 is 9.53 Å². The van der Waals surface area contributed by atoms with Crippen LogP contribution in [-0.2, 0) is 4.74 Å². The lowest BCUT2D eigenvalue weighted by Gasteiger charge is -2.41. The lowest BCUT2D eigenvalue weighted by Crippen LogP contribution is -2.60. The topological polar surface area (TPSA) is 41.6 Å². The van der Waals surface area contributed by atoms with Crippen LogP contribution in [0.15, 0.2) is 0 Å². The number of hydrogen-bond donors (Lipinski definition) is 1. The maximum absolute atomic E-state index is 12.0. The summed E-state index contributed by atoms with van der Waals surface area (Å²) in [5.41, 5.74) is 0. The van der Waals surface area contributed by atoms with Crippen molar-refractivity contribution in [3.05, 3.63) is 0 Å². The van der Waals surface area contributed by atoms with Crippen molar-refractivity contribution >= 4 is 6.09 Å². The second kappa shape index (κ2) is 6.98. The molecule has 106 valence electrons. The number of ether oxygens (including phenoxy) is 1. The van der Waals surface area contributed by atoms with Crippen LogP contribution < -0.4 is 5.32 Å². The second-order valence-electron chi connectivity index (χ2n) is 5.89. The monoisotopic (exact) mass is 256 g/mol. The van der Waals surface area contributed by atoms with Gasteiger partial charge in [0.2, 0.25) is 0 Å². The van der Waals surface area contributed by atoms with E-state index in [1.807, 2.05) is 11.8 Å². The number of amides is 1. The first-order valence-electron chi connectivity index (χ1n) is 7.12. The van der Waals surface area contributed by atoms with Crippen LogP contribution in [0.25, 0.3) is 0 Å². The van der Waals surface area contributed by atoms with Gasteiger partial charge in [0.1, 0.15) is 0 Å². The largest absolute Gasteiger partial charge is 0.450 e. The summed E-state index contributed by atoms with van der Waals surface area (Å²) in [6, 6.07) is 0.636. The molecule has 0 aromatic carbocycles. The van der Waals surface area contributed by atoms with Crippen LogP contribution in [0, 0.1) is 11.8 Å². The molecule has 0 spiro atoms. The summed E-state index contributed by atoms with van der Waals surface area (Å²) < 4.78 is 5.18. The van der Waals surface area contributed by atoms with E-state index in [2.05, 4.69) is 33.0 Å². The quantitative estimate of drug-likeness (QED) is 0.840. The van der Waals surface area contributed by atoms with E-state index in [4.69, 9.17) is 4.74 Å². The highest BCUT2D eigenvalue weighted by Crippen LogP contribution is 2.19. The molecule has 0 aromatic rings. The van der Waals surface area contributed by atoms with E-state index in [-0.39, 0.29) is 12.1 Å². The maximum atomic E-state index is 12.0. The van der Waals surface area contributed by atoms with Gasteiger partial charge in [-0.1, -0.05) is 27.7 Å². The maximum Gasteiger partial charge on any atom is 0.410 e. The molecule has 0 bridgehead atoms. The molecule has 2 atom stereocenters. The first-order valence-corrected chi connectivity index (χ1v) is 7.12. The van der Waals surface area contributed by atoms with E-state index >= 15 is 0 Å². The SMILES string of the molecule is CCOC(=O)N1CC(C(C)C)NCC1CC(C)C. The minimum atomic E-state index is -0.157. The summed E-state index contributed by atoms with van der Waals surface area (Å²) >= 11 is 0. The van der Waals surface area contributed by atoms with Crippen molar-refractivity contribution in [3.63, 3.8) is 0 Å². The predicted molar refractivity (Wildman–Crippen MR) is 73.6 cm³/mol. The number of carbonyl (C=O) groups excluding carboxylic acids is 1. The molecule has 1 saturated heterocycles. The van der Waals surface area contributed by atoms with Gasteiger partial charge in [0.25, 0.3) is 0 Å². The minimum Gasteiger partial charge on any atom is -0.450 e. The highest BCUT2D eigenvalue weighted by Gasteiger charge is 2.33.